The number of nitrogens with two attached hydrogens (primary N) is 1. The molecule has 0 saturated carbocycles. The smallest absolute Gasteiger partial charge is 0.268 e. The summed E-state index contributed by atoms with van der Waals surface area (Å²) in [5, 5.41) is 8.22. The molecular formula is C18H23N5O5S. The van der Waals surface area contributed by atoms with E-state index in [0.717, 1.165) is 0 Å². The SMILES string of the molecule is CC(NC(=O)C1=NN(c2ccccc2)C(C(N)=O)C1)C(=O)N1CCS(=O)(=O)CC1. The van der Waals surface area contributed by atoms with Crippen molar-refractivity contribution in [2.24, 2.45) is 10.8 Å². The molecule has 0 aromatic heterocycles. The van der Waals surface area contributed by atoms with Crippen LogP contribution in [-0.2, 0) is 24.2 Å². The molecule has 2 unspecified atom stereocenters. The topological polar surface area (TPSA) is 142 Å². The number of carbonyl (C=O) groups is 3. The van der Waals surface area contributed by atoms with Gasteiger partial charge in [0.05, 0.1) is 17.2 Å². The van der Waals surface area contributed by atoms with Crippen LogP contribution in [0.25, 0.3) is 0 Å². The largest absolute Gasteiger partial charge is 0.368 e. The van der Waals surface area contributed by atoms with E-state index < -0.39 is 33.7 Å². The van der Waals surface area contributed by atoms with Gasteiger partial charge in [-0.15, -0.1) is 0 Å². The van der Waals surface area contributed by atoms with Crippen LogP contribution in [0.5, 0.6) is 0 Å². The lowest BCUT2D eigenvalue weighted by Gasteiger charge is -2.29. The third-order valence-electron chi connectivity index (χ3n) is 4.90. The van der Waals surface area contributed by atoms with Crippen molar-refractivity contribution in [1.29, 1.82) is 0 Å². The number of amides is 3. The average Bonchev–Trinajstić information content (AvgIpc) is 3.14. The van der Waals surface area contributed by atoms with Gasteiger partial charge in [-0.25, -0.2) is 8.42 Å². The second kappa shape index (κ2) is 8.19. The second-order valence-corrected chi connectivity index (χ2v) is 9.32. The number of anilines is 1. The fourth-order valence-corrected chi connectivity index (χ4v) is 4.44. The van der Waals surface area contributed by atoms with Crippen molar-refractivity contribution in [3.05, 3.63) is 30.3 Å². The molecule has 0 radical (unpaired) electrons. The third-order valence-corrected chi connectivity index (χ3v) is 6.50. The maximum Gasteiger partial charge on any atom is 0.268 e. The van der Waals surface area contributed by atoms with Gasteiger partial charge in [-0.2, -0.15) is 5.10 Å². The summed E-state index contributed by atoms with van der Waals surface area (Å²) in [6.07, 6.45) is 0.0267. The Morgan fingerprint density at radius 3 is 2.38 bits per heavy atom. The fourth-order valence-electron chi connectivity index (χ4n) is 3.24. The molecule has 29 heavy (non-hydrogen) atoms. The Bertz CT molecular complexity index is 933. The molecule has 10 nitrogen and oxygen atoms in total. The normalized spacial score (nSPS) is 22.0. The van der Waals surface area contributed by atoms with Gasteiger partial charge in [0.1, 0.15) is 17.8 Å². The molecule has 3 amide bonds. The highest BCUT2D eigenvalue weighted by molar-refractivity contribution is 7.91. The molecule has 3 N–H and O–H groups in total. The minimum absolute atomic E-state index is 0.0267. The molecule has 2 aliphatic rings. The zero-order chi connectivity index (χ0) is 21.2. The van der Waals surface area contributed by atoms with Crippen LogP contribution >= 0.6 is 0 Å². The Hall–Kier alpha value is -2.95. The number of para-hydroxylation sites is 1. The van der Waals surface area contributed by atoms with Crippen molar-refractivity contribution in [2.45, 2.75) is 25.4 Å². The molecule has 0 bridgehead atoms. The molecule has 2 atom stereocenters. The molecule has 0 spiro atoms. The Morgan fingerprint density at radius 1 is 1.17 bits per heavy atom. The van der Waals surface area contributed by atoms with E-state index in [2.05, 4.69) is 10.4 Å². The Morgan fingerprint density at radius 2 is 1.79 bits per heavy atom. The predicted octanol–water partition coefficient (Wildman–Crippen LogP) is -1.13. The van der Waals surface area contributed by atoms with Gasteiger partial charge in [0.25, 0.3) is 5.91 Å². The van der Waals surface area contributed by atoms with Crippen LogP contribution in [0.4, 0.5) is 5.69 Å². The minimum Gasteiger partial charge on any atom is -0.368 e. The summed E-state index contributed by atoms with van der Waals surface area (Å²) in [5.74, 6) is -1.71. The zero-order valence-corrected chi connectivity index (χ0v) is 16.8. The van der Waals surface area contributed by atoms with Gasteiger partial charge < -0.3 is 16.0 Å². The number of nitrogens with zero attached hydrogens (tertiary/aromatic N) is 3. The van der Waals surface area contributed by atoms with Crippen molar-refractivity contribution in [3.63, 3.8) is 0 Å². The maximum absolute atomic E-state index is 12.6. The minimum atomic E-state index is -3.11. The van der Waals surface area contributed by atoms with Crippen LogP contribution < -0.4 is 16.1 Å². The molecular weight excluding hydrogens is 398 g/mol. The molecule has 1 fully saturated rings. The van der Waals surface area contributed by atoms with Gasteiger partial charge in [-0.1, -0.05) is 18.2 Å². The third kappa shape index (κ3) is 4.73. The van der Waals surface area contributed by atoms with E-state index in [1.165, 1.54) is 16.8 Å². The predicted molar refractivity (Wildman–Crippen MR) is 107 cm³/mol. The summed E-state index contributed by atoms with van der Waals surface area (Å²) in [6, 6.07) is 7.21. The van der Waals surface area contributed by atoms with Crippen LogP contribution in [0.2, 0.25) is 0 Å². The molecule has 2 aliphatic heterocycles. The summed E-state index contributed by atoms with van der Waals surface area (Å²) >= 11 is 0. The van der Waals surface area contributed by atoms with Gasteiger partial charge in [0.2, 0.25) is 11.8 Å². The van der Waals surface area contributed by atoms with E-state index in [4.69, 9.17) is 5.73 Å². The summed E-state index contributed by atoms with van der Waals surface area (Å²) in [5.41, 5.74) is 6.18. The van der Waals surface area contributed by atoms with Gasteiger partial charge in [-0.05, 0) is 19.1 Å². The van der Waals surface area contributed by atoms with Crippen LogP contribution in [0.1, 0.15) is 13.3 Å². The van der Waals surface area contributed by atoms with E-state index >= 15 is 0 Å². The number of hydrazone groups is 1. The molecule has 1 saturated heterocycles. The van der Waals surface area contributed by atoms with Crippen molar-refractivity contribution in [2.75, 3.05) is 29.6 Å². The summed E-state index contributed by atoms with van der Waals surface area (Å²) < 4.78 is 23.0. The van der Waals surface area contributed by atoms with Crippen molar-refractivity contribution in [3.8, 4) is 0 Å². The highest BCUT2D eigenvalue weighted by Gasteiger charge is 2.36. The Kier molecular flexibility index (Phi) is 5.87. The van der Waals surface area contributed by atoms with E-state index in [-0.39, 0.29) is 42.6 Å². The quantitative estimate of drug-likeness (QED) is 0.616. The second-order valence-electron chi connectivity index (χ2n) is 7.02. The number of rotatable bonds is 5. The highest BCUT2D eigenvalue weighted by Crippen LogP contribution is 2.24. The molecule has 2 heterocycles. The number of benzene rings is 1. The first-order valence-electron chi connectivity index (χ1n) is 9.19. The Labute approximate surface area is 168 Å². The molecule has 1 aromatic rings. The van der Waals surface area contributed by atoms with E-state index in [9.17, 15) is 22.8 Å². The molecule has 156 valence electrons. The van der Waals surface area contributed by atoms with E-state index in [1.54, 1.807) is 24.3 Å². The molecule has 3 rings (SSSR count). The van der Waals surface area contributed by atoms with Crippen LogP contribution in [-0.4, -0.2) is 73.4 Å². The summed E-state index contributed by atoms with van der Waals surface area (Å²) in [7, 11) is -3.11. The lowest BCUT2D eigenvalue weighted by atomic mass is 10.1. The van der Waals surface area contributed by atoms with Crippen molar-refractivity contribution in [1.82, 2.24) is 10.2 Å². The number of nitrogens with one attached hydrogen (secondary N) is 1. The lowest BCUT2D eigenvalue weighted by Crippen LogP contribution is -2.52. The van der Waals surface area contributed by atoms with Crippen LogP contribution in [0, 0.1) is 0 Å². The number of carbonyl (C=O) groups excluding carboxylic acids is 3. The lowest BCUT2D eigenvalue weighted by molar-refractivity contribution is -0.134. The summed E-state index contributed by atoms with van der Waals surface area (Å²) in [6.45, 7) is 1.74. The van der Waals surface area contributed by atoms with Gasteiger partial charge in [0.15, 0.2) is 9.84 Å². The molecule has 0 aliphatic carbocycles. The fraction of sp³-hybridized carbons (Fsp3) is 0.444. The number of hydrogen-bond donors (Lipinski definition) is 2. The van der Waals surface area contributed by atoms with Crippen molar-refractivity contribution < 1.29 is 22.8 Å². The number of hydrogen-bond acceptors (Lipinski definition) is 7. The first-order valence-corrected chi connectivity index (χ1v) is 11.0. The van der Waals surface area contributed by atoms with Crippen LogP contribution in [0.15, 0.2) is 35.4 Å². The standard InChI is InChI=1S/C18H23N5O5S/c1-12(18(26)22-7-9-29(27,28)10-8-22)20-17(25)14-11-15(16(19)24)23(21-14)13-5-3-2-4-6-13/h2-6,12,15H,7-11H2,1H3,(H2,19,24)(H,20,25). The maximum atomic E-state index is 12.6. The number of primary amides is 1. The molecule has 1 aromatic carbocycles. The van der Waals surface area contributed by atoms with Gasteiger partial charge in [-0.3, -0.25) is 19.4 Å². The van der Waals surface area contributed by atoms with Gasteiger partial charge in [0, 0.05) is 19.5 Å². The number of sulfone groups is 1. The van der Waals surface area contributed by atoms with Gasteiger partial charge >= 0.3 is 0 Å². The summed E-state index contributed by atoms with van der Waals surface area (Å²) in [4.78, 5) is 38.3. The monoisotopic (exact) mass is 421 g/mol. The van der Waals surface area contributed by atoms with E-state index in [0.29, 0.717) is 5.69 Å². The first kappa shape index (κ1) is 20.8. The molecule has 11 heteroatoms. The zero-order valence-electron chi connectivity index (χ0n) is 15.9. The average molecular weight is 421 g/mol. The Balaban J connectivity index is 1.66. The van der Waals surface area contributed by atoms with Crippen LogP contribution in [0.3, 0.4) is 0 Å². The van der Waals surface area contributed by atoms with E-state index in [1.807, 2.05) is 6.07 Å². The highest BCUT2D eigenvalue weighted by atomic mass is 32.2. The van der Waals surface area contributed by atoms with Crippen molar-refractivity contribution >= 4 is 39.0 Å². The first-order chi connectivity index (χ1) is 13.7.